The molecule has 3 rings (SSSR count). The van der Waals surface area contributed by atoms with Crippen LogP contribution in [0.5, 0.6) is 11.5 Å². The molecular formula is C20H18N2O3. The highest BCUT2D eigenvalue weighted by atomic mass is 16.5. The zero-order chi connectivity index (χ0) is 17.6. The van der Waals surface area contributed by atoms with Crippen LogP contribution in [-0.2, 0) is 0 Å². The first-order chi connectivity index (χ1) is 12.2. The van der Waals surface area contributed by atoms with Gasteiger partial charge in [-0.2, -0.15) is 0 Å². The molecule has 1 aromatic heterocycles. The molecule has 0 unspecified atom stereocenters. The van der Waals surface area contributed by atoms with Gasteiger partial charge in [0.15, 0.2) is 11.5 Å². The van der Waals surface area contributed by atoms with E-state index in [1.165, 1.54) is 0 Å². The van der Waals surface area contributed by atoms with Crippen LogP contribution in [0, 0.1) is 0 Å². The molecule has 0 fully saturated rings. The predicted octanol–water partition coefficient (Wildman–Crippen LogP) is 4.08. The second kappa shape index (κ2) is 7.49. The number of nitrogens with zero attached hydrogens (tertiary/aromatic N) is 2. The van der Waals surface area contributed by atoms with E-state index in [-0.39, 0.29) is 5.91 Å². The molecule has 0 N–H and O–H groups in total. The summed E-state index contributed by atoms with van der Waals surface area (Å²) < 4.78 is 10.5. The third-order valence-electron chi connectivity index (χ3n) is 3.73. The predicted molar refractivity (Wildman–Crippen MR) is 96.7 cm³/mol. The minimum absolute atomic E-state index is 0.203. The average Bonchev–Trinajstić information content (AvgIpc) is 2.69. The molecule has 126 valence electrons. The number of ether oxygens (including phenoxy) is 2. The summed E-state index contributed by atoms with van der Waals surface area (Å²) in [5.41, 5.74) is 1.22. The standard InChI is InChI=1S/C20H18N2O3/c1-24-17-12-11-15(14-18(17)25-2)20(23)22(16-8-4-3-5-9-16)19-10-6-7-13-21-19/h3-14H,1-2H3. The second-order valence-electron chi connectivity index (χ2n) is 5.23. The summed E-state index contributed by atoms with van der Waals surface area (Å²) in [6.45, 7) is 0. The van der Waals surface area contributed by atoms with E-state index in [2.05, 4.69) is 4.98 Å². The van der Waals surface area contributed by atoms with Crippen LogP contribution in [-0.4, -0.2) is 25.1 Å². The molecule has 3 aromatic rings. The molecule has 0 spiro atoms. The smallest absolute Gasteiger partial charge is 0.264 e. The van der Waals surface area contributed by atoms with E-state index < -0.39 is 0 Å². The molecule has 1 amide bonds. The molecule has 25 heavy (non-hydrogen) atoms. The van der Waals surface area contributed by atoms with Gasteiger partial charge in [0, 0.05) is 11.8 Å². The van der Waals surface area contributed by atoms with Gasteiger partial charge < -0.3 is 9.47 Å². The van der Waals surface area contributed by atoms with Gasteiger partial charge >= 0.3 is 0 Å². The van der Waals surface area contributed by atoms with Crippen molar-refractivity contribution in [3.8, 4) is 11.5 Å². The second-order valence-corrected chi connectivity index (χ2v) is 5.23. The third kappa shape index (κ3) is 3.45. The number of anilines is 2. The monoisotopic (exact) mass is 334 g/mol. The summed E-state index contributed by atoms with van der Waals surface area (Å²) in [4.78, 5) is 19.1. The molecule has 0 radical (unpaired) electrons. The van der Waals surface area contributed by atoms with Crippen molar-refractivity contribution in [3.05, 3.63) is 78.5 Å². The molecule has 5 heteroatoms. The molecular weight excluding hydrogens is 316 g/mol. The van der Waals surface area contributed by atoms with E-state index in [1.54, 1.807) is 49.6 Å². The van der Waals surface area contributed by atoms with E-state index in [4.69, 9.17) is 9.47 Å². The minimum Gasteiger partial charge on any atom is -0.493 e. The topological polar surface area (TPSA) is 51.7 Å². The number of benzene rings is 2. The summed E-state index contributed by atoms with van der Waals surface area (Å²) >= 11 is 0. The number of pyridine rings is 1. The lowest BCUT2D eigenvalue weighted by Crippen LogP contribution is -2.26. The number of amides is 1. The van der Waals surface area contributed by atoms with Crippen molar-refractivity contribution >= 4 is 17.4 Å². The Kier molecular flexibility index (Phi) is 4.95. The van der Waals surface area contributed by atoms with Crippen LogP contribution in [0.3, 0.4) is 0 Å². The number of rotatable bonds is 5. The van der Waals surface area contributed by atoms with Crippen molar-refractivity contribution in [2.24, 2.45) is 0 Å². The van der Waals surface area contributed by atoms with Gasteiger partial charge in [0.25, 0.3) is 5.91 Å². The van der Waals surface area contributed by atoms with Gasteiger partial charge in [0.1, 0.15) is 5.82 Å². The maximum absolute atomic E-state index is 13.2. The SMILES string of the molecule is COc1ccc(C(=O)N(c2ccccc2)c2ccccn2)cc1OC. The lowest BCUT2D eigenvalue weighted by Gasteiger charge is -2.22. The van der Waals surface area contributed by atoms with Crippen molar-refractivity contribution in [3.63, 3.8) is 0 Å². The lowest BCUT2D eigenvalue weighted by atomic mass is 10.1. The summed E-state index contributed by atoms with van der Waals surface area (Å²) in [5.74, 6) is 1.42. The Hall–Kier alpha value is -3.34. The summed E-state index contributed by atoms with van der Waals surface area (Å²) in [6, 6.07) is 20.0. The molecule has 0 bridgehead atoms. The van der Waals surface area contributed by atoms with Crippen molar-refractivity contribution < 1.29 is 14.3 Å². The van der Waals surface area contributed by atoms with E-state index >= 15 is 0 Å². The number of hydrogen-bond acceptors (Lipinski definition) is 4. The summed E-state index contributed by atoms with van der Waals surface area (Å²) in [7, 11) is 3.10. The fourth-order valence-corrected chi connectivity index (χ4v) is 2.51. The molecule has 5 nitrogen and oxygen atoms in total. The maximum Gasteiger partial charge on any atom is 0.264 e. The Labute approximate surface area is 146 Å². The van der Waals surface area contributed by atoms with E-state index in [0.29, 0.717) is 22.9 Å². The maximum atomic E-state index is 13.2. The third-order valence-corrected chi connectivity index (χ3v) is 3.73. The molecule has 0 saturated carbocycles. The number of carbonyl (C=O) groups excluding carboxylic acids is 1. The van der Waals surface area contributed by atoms with Crippen LogP contribution in [0.15, 0.2) is 72.9 Å². The Morgan fingerprint density at radius 1 is 0.880 bits per heavy atom. The molecule has 1 heterocycles. The van der Waals surface area contributed by atoms with Gasteiger partial charge in [0.2, 0.25) is 0 Å². The Bertz CT molecular complexity index is 812. The quantitative estimate of drug-likeness (QED) is 0.705. The van der Waals surface area contributed by atoms with Crippen molar-refractivity contribution in [1.82, 2.24) is 4.98 Å². The normalized spacial score (nSPS) is 10.2. The molecule has 0 aliphatic heterocycles. The van der Waals surface area contributed by atoms with Crippen LogP contribution in [0.4, 0.5) is 11.5 Å². The van der Waals surface area contributed by atoms with Gasteiger partial charge in [-0.1, -0.05) is 24.3 Å². The van der Waals surface area contributed by atoms with Crippen LogP contribution in [0.2, 0.25) is 0 Å². The zero-order valence-corrected chi connectivity index (χ0v) is 14.0. The Morgan fingerprint density at radius 3 is 2.24 bits per heavy atom. The highest BCUT2D eigenvalue weighted by molar-refractivity contribution is 6.10. The first kappa shape index (κ1) is 16.5. The molecule has 0 saturated heterocycles. The van der Waals surface area contributed by atoms with Crippen LogP contribution >= 0.6 is 0 Å². The average molecular weight is 334 g/mol. The molecule has 2 aromatic carbocycles. The van der Waals surface area contributed by atoms with Crippen molar-refractivity contribution in [2.75, 3.05) is 19.1 Å². The van der Waals surface area contributed by atoms with Gasteiger partial charge in [0.05, 0.1) is 19.9 Å². The van der Waals surface area contributed by atoms with Crippen molar-refractivity contribution in [2.45, 2.75) is 0 Å². The Morgan fingerprint density at radius 2 is 1.60 bits per heavy atom. The number of methoxy groups -OCH3 is 2. The lowest BCUT2D eigenvalue weighted by molar-refractivity contribution is 0.0998. The highest BCUT2D eigenvalue weighted by Gasteiger charge is 2.22. The molecule has 0 aliphatic carbocycles. The number of carbonyl (C=O) groups is 1. The Balaban J connectivity index is 2.06. The van der Waals surface area contributed by atoms with Gasteiger partial charge in [-0.05, 0) is 42.5 Å². The van der Waals surface area contributed by atoms with Crippen LogP contribution < -0.4 is 14.4 Å². The highest BCUT2D eigenvalue weighted by Crippen LogP contribution is 2.31. The van der Waals surface area contributed by atoms with Crippen LogP contribution in [0.25, 0.3) is 0 Å². The first-order valence-electron chi connectivity index (χ1n) is 7.77. The molecule has 0 atom stereocenters. The number of aromatic nitrogens is 1. The van der Waals surface area contributed by atoms with E-state index in [0.717, 1.165) is 5.69 Å². The molecule has 0 aliphatic rings. The van der Waals surface area contributed by atoms with Crippen LogP contribution in [0.1, 0.15) is 10.4 Å². The van der Waals surface area contributed by atoms with E-state index in [9.17, 15) is 4.79 Å². The minimum atomic E-state index is -0.203. The summed E-state index contributed by atoms with van der Waals surface area (Å²) in [6.07, 6.45) is 1.66. The number of para-hydroxylation sites is 1. The zero-order valence-electron chi connectivity index (χ0n) is 14.0. The largest absolute Gasteiger partial charge is 0.493 e. The summed E-state index contributed by atoms with van der Waals surface area (Å²) in [5, 5.41) is 0. The fourth-order valence-electron chi connectivity index (χ4n) is 2.51. The first-order valence-corrected chi connectivity index (χ1v) is 7.77. The van der Waals surface area contributed by atoms with Gasteiger partial charge in [-0.3, -0.25) is 9.69 Å². The fraction of sp³-hybridized carbons (Fsp3) is 0.100. The number of hydrogen-bond donors (Lipinski definition) is 0. The van der Waals surface area contributed by atoms with Crippen molar-refractivity contribution in [1.29, 1.82) is 0 Å². The van der Waals surface area contributed by atoms with Gasteiger partial charge in [-0.15, -0.1) is 0 Å². The van der Waals surface area contributed by atoms with Gasteiger partial charge in [-0.25, -0.2) is 4.98 Å². The van der Waals surface area contributed by atoms with E-state index in [1.807, 2.05) is 42.5 Å².